The molecule has 0 aliphatic carbocycles. The van der Waals surface area contributed by atoms with Crippen LogP contribution in [0.25, 0.3) is 10.9 Å². The van der Waals surface area contributed by atoms with Gasteiger partial charge >= 0.3 is 6.03 Å². The summed E-state index contributed by atoms with van der Waals surface area (Å²) in [6, 6.07) is 22.2. The molecule has 0 radical (unpaired) electrons. The van der Waals surface area contributed by atoms with E-state index in [1.807, 2.05) is 74.6 Å². The van der Waals surface area contributed by atoms with E-state index in [0.29, 0.717) is 17.9 Å². The highest BCUT2D eigenvalue weighted by Crippen LogP contribution is 2.29. The summed E-state index contributed by atoms with van der Waals surface area (Å²) in [6.07, 6.45) is 1.84. The Labute approximate surface area is 244 Å². The van der Waals surface area contributed by atoms with Crippen molar-refractivity contribution in [2.45, 2.75) is 25.4 Å². The predicted molar refractivity (Wildman–Crippen MR) is 162 cm³/mol. The highest BCUT2D eigenvalue weighted by molar-refractivity contribution is 6.19. The average Bonchev–Trinajstić information content (AvgIpc) is 3.40. The van der Waals surface area contributed by atoms with E-state index >= 15 is 0 Å². The molecule has 3 N–H and O–H groups in total. The van der Waals surface area contributed by atoms with Crippen molar-refractivity contribution < 1.29 is 19.2 Å². The molecule has 1 aliphatic rings. The molecule has 3 aromatic carbocycles. The summed E-state index contributed by atoms with van der Waals surface area (Å²) in [7, 11) is 3.93. The van der Waals surface area contributed by atoms with Gasteiger partial charge in [-0.25, -0.2) is 9.69 Å². The number of urea groups is 1. The topological polar surface area (TPSA) is 118 Å². The minimum absolute atomic E-state index is 0.297. The summed E-state index contributed by atoms with van der Waals surface area (Å²) in [5, 5.41) is 6.73. The van der Waals surface area contributed by atoms with Crippen LogP contribution in [0.15, 0.2) is 85.1 Å². The van der Waals surface area contributed by atoms with Gasteiger partial charge in [0.2, 0.25) is 5.91 Å². The zero-order valence-electron chi connectivity index (χ0n) is 23.8. The highest BCUT2D eigenvalue weighted by atomic mass is 16.2. The Bertz CT molecular complexity index is 1600. The van der Waals surface area contributed by atoms with Gasteiger partial charge in [-0.1, -0.05) is 55.5 Å². The largest absolute Gasteiger partial charge is 0.361 e. The van der Waals surface area contributed by atoms with Crippen LogP contribution < -0.4 is 15.5 Å². The lowest BCUT2D eigenvalue weighted by molar-refractivity contribution is -0.130. The Morgan fingerprint density at radius 2 is 1.62 bits per heavy atom. The second-order valence-corrected chi connectivity index (χ2v) is 10.7. The Hall–Kier alpha value is -4.96. The number of carbonyl (C=O) groups is 4. The number of anilines is 2. The molecular formula is C32H34N6O4. The normalized spacial score (nSPS) is 15.1. The van der Waals surface area contributed by atoms with Crippen LogP contribution in [-0.2, 0) is 20.9 Å². The van der Waals surface area contributed by atoms with Crippen molar-refractivity contribution in [1.82, 2.24) is 20.1 Å². The first-order valence-corrected chi connectivity index (χ1v) is 13.8. The first-order valence-electron chi connectivity index (χ1n) is 13.8. The molecule has 42 heavy (non-hydrogen) atoms. The van der Waals surface area contributed by atoms with Crippen LogP contribution in [0.4, 0.5) is 16.2 Å². The van der Waals surface area contributed by atoms with Gasteiger partial charge in [0.15, 0.2) is 0 Å². The molecule has 5 amide bonds. The Morgan fingerprint density at radius 1 is 0.929 bits per heavy atom. The third-order valence-electron chi connectivity index (χ3n) is 7.32. The number of para-hydroxylation sites is 2. The molecule has 1 saturated heterocycles. The number of carbonyl (C=O) groups excluding carboxylic acids is 4. The van der Waals surface area contributed by atoms with E-state index in [2.05, 4.69) is 15.6 Å². The van der Waals surface area contributed by atoms with E-state index in [4.69, 9.17) is 0 Å². The van der Waals surface area contributed by atoms with Gasteiger partial charge in [-0.2, -0.15) is 0 Å². The van der Waals surface area contributed by atoms with Gasteiger partial charge in [-0.05, 0) is 55.6 Å². The molecule has 216 valence electrons. The standard InChI is InChI=1S/C32H34N6O4/c1-21(26-17-33-27-15-8-7-14-25(26)27)30(31(41)34-23-11-9-10-22(16-23)18-36(2)3)35-32(42)37-19-28(39)38(29(40)20-37)24-12-5-4-6-13-24/h4-17,21,30,33H,18-20H2,1-3H3,(H,34,41)(H,35,42)/t21-,30-/m1/s1. The molecule has 0 bridgehead atoms. The predicted octanol–water partition coefficient (Wildman–Crippen LogP) is 3.93. The number of piperazine rings is 1. The lowest BCUT2D eigenvalue weighted by Gasteiger charge is -2.34. The van der Waals surface area contributed by atoms with E-state index in [1.54, 1.807) is 36.4 Å². The Morgan fingerprint density at radius 3 is 2.33 bits per heavy atom. The fraction of sp³-hybridized carbons (Fsp3) is 0.250. The Balaban J connectivity index is 1.38. The number of H-pyrrole nitrogens is 1. The summed E-state index contributed by atoms with van der Waals surface area (Å²) in [4.78, 5) is 60.7. The van der Waals surface area contributed by atoms with Crippen LogP contribution in [0.3, 0.4) is 0 Å². The van der Waals surface area contributed by atoms with Crippen molar-refractivity contribution in [1.29, 1.82) is 0 Å². The molecule has 2 heterocycles. The third-order valence-corrected chi connectivity index (χ3v) is 7.32. The maximum atomic E-state index is 13.8. The molecule has 1 aromatic heterocycles. The monoisotopic (exact) mass is 566 g/mol. The number of hydrogen-bond acceptors (Lipinski definition) is 5. The number of imide groups is 1. The maximum absolute atomic E-state index is 13.8. The number of nitrogens with zero attached hydrogens (tertiary/aromatic N) is 3. The third kappa shape index (κ3) is 6.18. The second kappa shape index (κ2) is 12.3. The molecule has 2 atom stereocenters. The summed E-state index contributed by atoms with van der Waals surface area (Å²) < 4.78 is 0. The van der Waals surface area contributed by atoms with Crippen molar-refractivity contribution in [3.05, 3.63) is 96.2 Å². The van der Waals surface area contributed by atoms with Crippen LogP contribution in [0.2, 0.25) is 0 Å². The number of rotatable bonds is 8. The van der Waals surface area contributed by atoms with Crippen molar-refractivity contribution in [2.75, 3.05) is 37.4 Å². The number of aromatic amines is 1. The zero-order chi connectivity index (χ0) is 29.8. The van der Waals surface area contributed by atoms with E-state index in [1.165, 1.54) is 0 Å². The molecule has 1 fully saturated rings. The minimum atomic E-state index is -1.01. The summed E-state index contributed by atoms with van der Waals surface area (Å²) in [5.41, 5.74) is 3.85. The van der Waals surface area contributed by atoms with Gasteiger partial charge in [-0.15, -0.1) is 0 Å². The lowest BCUT2D eigenvalue weighted by atomic mass is 9.92. The van der Waals surface area contributed by atoms with Gasteiger partial charge in [0.05, 0.1) is 5.69 Å². The number of aromatic nitrogens is 1. The van der Waals surface area contributed by atoms with Crippen molar-refractivity contribution in [3.8, 4) is 0 Å². The molecule has 0 spiro atoms. The summed E-state index contributed by atoms with van der Waals surface area (Å²) in [5.74, 6) is -1.90. The first kappa shape index (κ1) is 28.6. The molecule has 4 aromatic rings. The van der Waals surface area contributed by atoms with Gasteiger partial charge in [-0.3, -0.25) is 14.4 Å². The zero-order valence-corrected chi connectivity index (χ0v) is 23.8. The number of hydrogen-bond donors (Lipinski definition) is 3. The smallest absolute Gasteiger partial charge is 0.319 e. The molecule has 5 rings (SSSR count). The fourth-order valence-corrected chi connectivity index (χ4v) is 5.30. The van der Waals surface area contributed by atoms with Crippen LogP contribution in [0.1, 0.15) is 24.0 Å². The fourth-order valence-electron chi connectivity index (χ4n) is 5.30. The molecule has 0 unspecified atom stereocenters. The van der Waals surface area contributed by atoms with Crippen molar-refractivity contribution >= 4 is 46.0 Å². The van der Waals surface area contributed by atoms with E-state index in [9.17, 15) is 19.2 Å². The number of fused-ring (bicyclic) bond motifs is 1. The van der Waals surface area contributed by atoms with Gasteiger partial charge in [0.25, 0.3) is 11.8 Å². The SMILES string of the molecule is C[C@H](c1c[nH]c2ccccc12)[C@@H](NC(=O)N1CC(=O)N(c2ccccc2)C(=O)C1)C(=O)Nc1cccc(CN(C)C)c1. The van der Waals surface area contributed by atoms with Crippen LogP contribution in [0, 0.1) is 0 Å². The molecular weight excluding hydrogens is 532 g/mol. The average molecular weight is 567 g/mol. The highest BCUT2D eigenvalue weighted by Gasteiger charge is 2.37. The summed E-state index contributed by atoms with van der Waals surface area (Å²) >= 11 is 0. The van der Waals surface area contributed by atoms with Crippen LogP contribution >= 0.6 is 0 Å². The molecule has 10 nitrogen and oxygen atoms in total. The van der Waals surface area contributed by atoms with Crippen LogP contribution in [-0.4, -0.2) is 71.8 Å². The lowest BCUT2D eigenvalue weighted by Crippen LogP contribution is -2.60. The van der Waals surface area contributed by atoms with E-state index < -0.39 is 35.7 Å². The number of nitrogens with one attached hydrogen (secondary N) is 3. The minimum Gasteiger partial charge on any atom is -0.361 e. The maximum Gasteiger partial charge on any atom is 0.319 e. The quantitative estimate of drug-likeness (QED) is 0.280. The Kier molecular flexibility index (Phi) is 8.35. The molecule has 10 heteroatoms. The van der Waals surface area contributed by atoms with Gasteiger partial charge < -0.3 is 25.4 Å². The van der Waals surface area contributed by atoms with E-state index in [-0.39, 0.29) is 13.1 Å². The van der Waals surface area contributed by atoms with Gasteiger partial charge in [0.1, 0.15) is 19.1 Å². The first-order chi connectivity index (χ1) is 20.2. The summed E-state index contributed by atoms with van der Waals surface area (Å²) in [6.45, 7) is 1.97. The molecule has 0 saturated carbocycles. The molecule has 1 aliphatic heterocycles. The number of amides is 5. The van der Waals surface area contributed by atoms with Crippen molar-refractivity contribution in [2.24, 2.45) is 0 Å². The van der Waals surface area contributed by atoms with Crippen molar-refractivity contribution in [3.63, 3.8) is 0 Å². The van der Waals surface area contributed by atoms with Crippen LogP contribution in [0.5, 0.6) is 0 Å². The second-order valence-electron chi connectivity index (χ2n) is 10.7. The number of benzene rings is 3. The van der Waals surface area contributed by atoms with Gasteiger partial charge in [0, 0.05) is 35.2 Å². The van der Waals surface area contributed by atoms with E-state index in [0.717, 1.165) is 31.8 Å².